The van der Waals surface area contributed by atoms with E-state index in [1.807, 2.05) is 0 Å². The van der Waals surface area contributed by atoms with Gasteiger partial charge >= 0.3 is 0 Å². The molecule has 21 fully saturated rings. The molecule has 21 heterocycles. The van der Waals surface area contributed by atoms with Crippen molar-refractivity contribution in [1.29, 1.82) is 0 Å². The number of aliphatic hydroxyl groups excluding tert-OH is 14. The van der Waals surface area contributed by atoms with Crippen LogP contribution in [0.1, 0.15) is 0 Å². The van der Waals surface area contributed by atoms with Crippen molar-refractivity contribution in [2.45, 2.75) is 215 Å². The first kappa shape index (κ1) is 109. The van der Waals surface area contributed by atoms with Crippen LogP contribution < -0.4 is 0 Å². The van der Waals surface area contributed by atoms with E-state index in [2.05, 4.69) is 0 Å². The second-order valence-electron chi connectivity index (χ2n) is 29.5. The molecule has 49 nitrogen and oxygen atoms in total. The topological polar surface area (TPSA) is 606 Å². The van der Waals surface area contributed by atoms with E-state index in [1.165, 1.54) is 49.8 Å². The fraction of sp³-hybridized carbons (Fsp3) is 1.00. The highest BCUT2D eigenvalue weighted by Gasteiger charge is 2.63. The Balaban J connectivity index is 1.40. The van der Waals surface area contributed by atoms with E-state index in [-0.39, 0.29) is 46.2 Å². The molecule has 0 unspecified atom stereocenters. The lowest BCUT2D eigenvalue weighted by atomic mass is 9.94. The lowest BCUT2D eigenvalue weighted by Gasteiger charge is -2.53. The highest BCUT2D eigenvalue weighted by molar-refractivity contribution is 5.05. The molecule has 0 spiro atoms. The molecule has 0 amide bonds. The molecule has 21 aliphatic rings. The second-order valence-corrected chi connectivity index (χ2v) is 29.5. The maximum Gasteiger partial charge on any atom is 0.187 e. The van der Waals surface area contributed by atoms with Gasteiger partial charge in [-0.25, -0.2) is 0 Å². The summed E-state index contributed by atoms with van der Waals surface area (Å²) < 4.78 is 231. The third-order valence-corrected chi connectivity index (χ3v) is 21.1. The molecular formula is C77H140O49. The molecule has 0 aromatic rings. The summed E-state index contributed by atoms with van der Waals surface area (Å²) in [5.74, 6) is 0. The number of rotatable bonds is 56. The molecule has 21 rings (SSSR count). The van der Waals surface area contributed by atoms with Crippen molar-refractivity contribution in [3.63, 3.8) is 0 Å². The molecule has 14 N–H and O–H groups in total. The first-order valence-electron chi connectivity index (χ1n) is 42.4. The van der Waals surface area contributed by atoms with Crippen molar-refractivity contribution < 1.29 is 237 Å². The van der Waals surface area contributed by atoms with Gasteiger partial charge in [0.2, 0.25) is 0 Å². The summed E-state index contributed by atoms with van der Waals surface area (Å²) in [5.41, 5.74) is 0. The maximum atomic E-state index is 10.7. The van der Waals surface area contributed by atoms with Crippen molar-refractivity contribution >= 4 is 0 Å². The minimum atomic E-state index is -1.70. The number of ether oxygens (including phenoxy) is 35. The lowest BCUT2D eigenvalue weighted by Crippen LogP contribution is -2.70. The van der Waals surface area contributed by atoms with Crippen LogP contribution in [-0.4, -0.2) is 567 Å². The molecule has 0 aliphatic carbocycles. The van der Waals surface area contributed by atoms with Crippen LogP contribution in [-0.2, 0) is 166 Å². The summed E-state index contributed by atoms with van der Waals surface area (Å²) in [6.07, 6.45) is -53.0. The molecule has 0 radical (unpaired) electrons. The Kier molecular flexibility index (Phi) is 53.1. The SMILES string of the molecule is COC[C@H]1O[C@@H]2O[C@H]3[C@H](OCCO)[C@@H](OCCO)[C@@H](O[C@H]4[C@H](OCCO)[C@@H](OCCO)[C@@H](O[C@H]5[C@H](OCCO)[C@@H](OCCO)[C@@H](O[C@H]6[C@H](OCCO)[C@@H](OCCO)[C@@H](O[C@H]7[C@H](OCCO)[C@@H](OCCO)[C@@H](O[C@H]8[C@H](OCCO)[C@@H](OCCO)[C@@H](O[C@H]1[C@H](OCCO)[C@H]2OCCO)O[C@@H]8COC)O[C@@H]7COC)O[C@@H]6COC)O[C@@H]5COC)O[C@@H]4COC)O[C@@H]3COC. The van der Waals surface area contributed by atoms with Crippen LogP contribution in [0.4, 0.5) is 0 Å². The zero-order chi connectivity index (χ0) is 90.7. The standard InChI is InChI=1S/C77H140O49/c1-92-36-43-50-57(99-22-8-78)64(106-29-15-85)71(113-43)121-51-44(37-93-2)115-73(66(108-31-17-87)58(51)100-23-9-79)123-53-46(39-95-4)117-75(68(110-33-19-89)60(53)102-25-11-81)125-55-48(41-97-6)119-77(70(112-35-21-91)62(55)104-27-13-83)126-56-49(42-98-7)118-76(69(111-34-20-90)63(56)105-28-14-84)124-54-47(40-96-5)116-74(67(109-32-18-88)61(54)103-26-12-82)122-52-45(38-94-3)114-72(120-50)65(107-30-16-86)59(52)101-24-10-80/h43-91H,8-42H2,1-7H3/t43-,44-,45-,46-,47-,48-,49-,50-,51-,52-,53-,54-,55-,56-,57+,58+,59+,60+,61+,62+,63+,64-,65-,66-,67-,68-,69-,70-,71-,72-,73-,74-,75-,76-,77-/m1/s1. The quantitative estimate of drug-likeness (QED) is 0.0269. The van der Waals surface area contributed by atoms with Gasteiger partial charge in [-0.1, -0.05) is 0 Å². The molecule has 742 valence electrons. The van der Waals surface area contributed by atoms with Crippen LogP contribution in [0.3, 0.4) is 0 Å². The fourth-order valence-corrected chi connectivity index (χ4v) is 16.4. The Morgan fingerprint density at radius 1 is 0.143 bits per heavy atom. The molecule has 49 heteroatoms. The van der Waals surface area contributed by atoms with Gasteiger partial charge in [0.05, 0.1) is 231 Å². The lowest BCUT2D eigenvalue weighted by molar-refractivity contribution is -0.408. The van der Waals surface area contributed by atoms with Crippen LogP contribution >= 0.6 is 0 Å². The summed E-state index contributed by atoms with van der Waals surface area (Å²) in [4.78, 5) is 0. The maximum absolute atomic E-state index is 10.7. The van der Waals surface area contributed by atoms with Crippen molar-refractivity contribution in [2.75, 3.05) is 281 Å². The average molecular weight is 1850 g/mol. The molecule has 0 aromatic heterocycles. The summed E-state index contributed by atoms with van der Waals surface area (Å²) in [6, 6.07) is 0. The van der Waals surface area contributed by atoms with Crippen LogP contribution in [0.2, 0.25) is 0 Å². The van der Waals surface area contributed by atoms with Gasteiger partial charge in [0.25, 0.3) is 0 Å². The minimum Gasteiger partial charge on any atom is -0.394 e. The normalized spacial score (nSPS) is 38.5. The fourth-order valence-electron chi connectivity index (χ4n) is 16.4. The van der Waals surface area contributed by atoms with Crippen molar-refractivity contribution in [2.24, 2.45) is 0 Å². The molecular weight excluding hydrogens is 1710 g/mol. The van der Waals surface area contributed by atoms with Crippen molar-refractivity contribution in [3.8, 4) is 0 Å². The van der Waals surface area contributed by atoms with Gasteiger partial charge in [0, 0.05) is 49.8 Å². The summed E-state index contributed by atoms with van der Waals surface area (Å²) in [7, 11) is 9.48. The van der Waals surface area contributed by atoms with Gasteiger partial charge in [-0.15, -0.1) is 0 Å². The molecule has 21 aliphatic heterocycles. The van der Waals surface area contributed by atoms with Crippen LogP contribution in [0.5, 0.6) is 0 Å². The van der Waals surface area contributed by atoms with E-state index in [0.717, 1.165) is 0 Å². The Bertz CT molecular complexity index is 2240. The first-order valence-corrected chi connectivity index (χ1v) is 42.4. The van der Waals surface area contributed by atoms with Crippen LogP contribution in [0, 0.1) is 0 Å². The predicted molar refractivity (Wildman–Crippen MR) is 413 cm³/mol. The Hall–Kier alpha value is -1.96. The average Bonchev–Trinajstić information content (AvgIpc) is 0.769. The zero-order valence-electron chi connectivity index (χ0n) is 72.5. The van der Waals surface area contributed by atoms with Gasteiger partial charge < -0.3 is 237 Å². The molecule has 126 heavy (non-hydrogen) atoms. The highest BCUT2D eigenvalue weighted by Crippen LogP contribution is 2.44. The van der Waals surface area contributed by atoms with Gasteiger partial charge in [-0.05, 0) is 0 Å². The number of hydrogen-bond acceptors (Lipinski definition) is 49. The van der Waals surface area contributed by atoms with Gasteiger partial charge in [-0.3, -0.25) is 0 Å². The van der Waals surface area contributed by atoms with Crippen molar-refractivity contribution in [1.82, 2.24) is 0 Å². The van der Waals surface area contributed by atoms with Gasteiger partial charge in [0.15, 0.2) is 44.0 Å². The molecule has 0 aromatic carbocycles. The molecule has 0 saturated carbocycles. The van der Waals surface area contributed by atoms with Crippen LogP contribution in [0.25, 0.3) is 0 Å². The number of hydrogen-bond donors (Lipinski definition) is 14. The Morgan fingerprint density at radius 3 is 0.325 bits per heavy atom. The Labute approximate surface area is 731 Å². The van der Waals surface area contributed by atoms with Gasteiger partial charge in [0.1, 0.15) is 171 Å². The van der Waals surface area contributed by atoms with Gasteiger partial charge in [-0.2, -0.15) is 0 Å². The summed E-state index contributed by atoms with van der Waals surface area (Å²) >= 11 is 0. The predicted octanol–water partition coefficient (Wildman–Crippen LogP) is -10.4. The monoisotopic (exact) mass is 1850 g/mol. The van der Waals surface area contributed by atoms with E-state index >= 15 is 0 Å². The van der Waals surface area contributed by atoms with E-state index in [4.69, 9.17) is 166 Å². The third-order valence-electron chi connectivity index (χ3n) is 21.1. The largest absolute Gasteiger partial charge is 0.394 e. The molecule has 14 bridgehead atoms. The van der Waals surface area contributed by atoms with Crippen LogP contribution in [0.15, 0.2) is 0 Å². The summed E-state index contributed by atoms with van der Waals surface area (Å²) in [5, 5.41) is 149. The first-order chi connectivity index (χ1) is 61.7. The number of methoxy groups -OCH3 is 7. The third kappa shape index (κ3) is 30.3. The Morgan fingerprint density at radius 2 is 0.238 bits per heavy atom. The molecule has 21 saturated heterocycles. The molecule has 35 atom stereocenters. The smallest absolute Gasteiger partial charge is 0.187 e. The number of aliphatic hydroxyl groups is 14. The zero-order valence-corrected chi connectivity index (χ0v) is 72.5. The van der Waals surface area contributed by atoms with E-state index in [0.29, 0.717) is 0 Å². The van der Waals surface area contributed by atoms with E-state index in [1.54, 1.807) is 0 Å². The highest BCUT2D eigenvalue weighted by atomic mass is 16.8. The van der Waals surface area contributed by atoms with Crippen molar-refractivity contribution in [3.05, 3.63) is 0 Å². The summed E-state index contributed by atoms with van der Waals surface area (Å²) in [6.45, 7) is -17.1. The second kappa shape index (κ2) is 61.2. The van der Waals surface area contributed by atoms with E-state index < -0.39 is 400 Å². The minimum absolute atomic E-state index is 0.361. The van der Waals surface area contributed by atoms with E-state index in [9.17, 15) is 71.5 Å².